The van der Waals surface area contributed by atoms with Gasteiger partial charge in [0.15, 0.2) is 5.69 Å². The number of hydrogen-bond donors (Lipinski definition) is 1. The van der Waals surface area contributed by atoms with E-state index in [4.69, 9.17) is 15.3 Å². The highest BCUT2D eigenvalue weighted by Crippen LogP contribution is 2.37. The van der Waals surface area contributed by atoms with E-state index in [-0.39, 0.29) is 12.3 Å². The molecular weight excluding hydrogens is 352 g/mol. The smallest absolute Gasteiger partial charge is 0.357 e. The van der Waals surface area contributed by atoms with Gasteiger partial charge < -0.3 is 15.3 Å². The fraction of sp³-hybridized carbons (Fsp3) is 0.261. The van der Waals surface area contributed by atoms with Crippen LogP contribution in [-0.4, -0.2) is 24.4 Å². The van der Waals surface area contributed by atoms with Crippen molar-refractivity contribution in [1.29, 1.82) is 0 Å². The summed E-state index contributed by atoms with van der Waals surface area (Å²) in [5.41, 5.74) is 4.27. The van der Waals surface area contributed by atoms with Gasteiger partial charge in [-0.3, -0.25) is 4.68 Å². The molecule has 0 aliphatic carbocycles. The zero-order chi connectivity index (χ0) is 20.7. The minimum atomic E-state index is -0.481. The van der Waals surface area contributed by atoms with Gasteiger partial charge in [-0.05, 0) is 43.0 Å². The first kappa shape index (κ1) is 21.1. The van der Waals surface area contributed by atoms with Crippen molar-refractivity contribution < 1.29 is 14.3 Å². The van der Waals surface area contributed by atoms with Crippen molar-refractivity contribution in [2.75, 3.05) is 19.6 Å². The predicted molar refractivity (Wildman–Crippen MR) is 115 cm³/mol. The van der Waals surface area contributed by atoms with Gasteiger partial charge in [0, 0.05) is 17.3 Å². The van der Waals surface area contributed by atoms with E-state index in [1.807, 2.05) is 49.4 Å². The second-order valence-corrected chi connectivity index (χ2v) is 6.25. The summed E-state index contributed by atoms with van der Waals surface area (Å²) in [6, 6.07) is 5.78. The first-order chi connectivity index (χ1) is 13.5. The first-order valence-corrected chi connectivity index (χ1v) is 9.30. The van der Waals surface area contributed by atoms with Crippen LogP contribution in [-0.2, 0) is 4.74 Å². The molecule has 0 saturated heterocycles. The minimum Gasteiger partial charge on any atom is -0.496 e. The Labute approximate surface area is 166 Å². The average molecular weight is 380 g/mol. The number of aromatic nitrogens is 1. The van der Waals surface area contributed by atoms with Crippen molar-refractivity contribution in [3.8, 4) is 16.9 Å². The van der Waals surface area contributed by atoms with Crippen LogP contribution in [0.3, 0.4) is 0 Å². The molecule has 0 saturated carbocycles. The van der Waals surface area contributed by atoms with Crippen LogP contribution in [0.5, 0.6) is 5.75 Å². The Bertz CT molecular complexity index is 920. The molecule has 5 heteroatoms. The topological polar surface area (TPSA) is 66.5 Å². The van der Waals surface area contributed by atoms with Crippen molar-refractivity contribution in [3.05, 3.63) is 72.1 Å². The molecule has 0 spiro atoms. The summed E-state index contributed by atoms with van der Waals surface area (Å²) in [5.74, 6) is 6.43. The number of benzene rings is 1. The summed E-state index contributed by atoms with van der Waals surface area (Å²) in [5, 5.41) is 0. The standard InChI is InChI=1S/C23H28N2O3/c1-6-8-9-10-12-16(3)21-19(15-25(24)22(21)23(26)28-7-2)18-13-11-14-20(27-5)17(18)4/h8-15H,3,6-7,24H2,1-2,4-5H3/b9-8-,12-10-. The van der Waals surface area contributed by atoms with E-state index >= 15 is 0 Å². The zero-order valence-corrected chi connectivity index (χ0v) is 17.0. The Hall–Kier alpha value is -3.21. The molecule has 0 aliphatic rings. The minimum absolute atomic E-state index is 0.262. The van der Waals surface area contributed by atoms with Crippen molar-refractivity contribution >= 4 is 11.5 Å². The Morgan fingerprint density at radius 3 is 2.64 bits per heavy atom. The summed E-state index contributed by atoms with van der Waals surface area (Å²) < 4.78 is 12.0. The number of nitrogens with zero attached hydrogens (tertiary/aromatic N) is 1. The molecule has 1 aromatic heterocycles. The number of nitrogen functional groups attached to an aromatic ring is 1. The number of carbonyl (C=O) groups excluding carboxylic acids is 1. The maximum absolute atomic E-state index is 12.6. The summed E-state index contributed by atoms with van der Waals surface area (Å²) in [6.45, 7) is 10.2. The molecule has 0 amide bonds. The molecular formula is C23H28N2O3. The number of methoxy groups -OCH3 is 1. The predicted octanol–water partition coefficient (Wildman–Crippen LogP) is 4.90. The van der Waals surface area contributed by atoms with Gasteiger partial charge in [-0.25, -0.2) is 4.79 Å². The van der Waals surface area contributed by atoms with Crippen LogP contribution in [0.2, 0.25) is 0 Å². The van der Waals surface area contributed by atoms with Gasteiger partial charge >= 0.3 is 5.97 Å². The van der Waals surface area contributed by atoms with Gasteiger partial charge in [0.25, 0.3) is 0 Å². The number of carbonyl (C=O) groups is 1. The molecule has 1 aromatic carbocycles. The largest absolute Gasteiger partial charge is 0.496 e. The third-order valence-corrected chi connectivity index (χ3v) is 4.40. The van der Waals surface area contributed by atoms with Gasteiger partial charge in [-0.1, -0.05) is 49.9 Å². The molecule has 0 fully saturated rings. The molecule has 148 valence electrons. The van der Waals surface area contributed by atoms with E-state index in [9.17, 15) is 4.79 Å². The highest BCUT2D eigenvalue weighted by Gasteiger charge is 2.25. The van der Waals surface area contributed by atoms with Gasteiger partial charge in [-0.2, -0.15) is 0 Å². The SMILES string of the molecule is C=C(/C=C\C=C/CC)c1c(-c2cccc(OC)c2C)cn(N)c1C(=O)OCC. The summed E-state index contributed by atoms with van der Waals surface area (Å²) in [6.07, 6.45) is 10.4. The second kappa shape index (κ2) is 9.65. The van der Waals surface area contributed by atoms with Gasteiger partial charge in [0.2, 0.25) is 0 Å². The van der Waals surface area contributed by atoms with E-state index in [1.165, 1.54) is 4.68 Å². The quantitative estimate of drug-likeness (QED) is 0.402. The maximum Gasteiger partial charge on any atom is 0.357 e. The highest BCUT2D eigenvalue weighted by molar-refractivity contribution is 6.00. The van der Waals surface area contributed by atoms with Crippen LogP contribution in [0.25, 0.3) is 16.7 Å². The van der Waals surface area contributed by atoms with E-state index in [0.29, 0.717) is 11.1 Å². The number of ether oxygens (including phenoxy) is 2. The van der Waals surface area contributed by atoms with E-state index in [1.54, 1.807) is 20.2 Å². The van der Waals surface area contributed by atoms with Crippen LogP contribution in [0.15, 0.2) is 55.3 Å². The summed E-state index contributed by atoms with van der Waals surface area (Å²) in [4.78, 5) is 12.6. The third kappa shape index (κ3) is 4.36. The van der Waals surface area contributed by atoms with Crippen LogP contribution < -0.4 is 10.6 Å². The Morgan fingerprint density at radius 1 is 1.25 bits per heavy atom. The highest BCUT2D eigenvalue weighted by atomic mass is 16.5. The molecule has 2 N–H and O–H groups in total. The number of hydrogen-bond acceptors (Lipinski definition) is 4. The number of esters is 1. The lowest BCUT2D eigenvalue weighted by Gasteiger charge is -2.12. The van der Waals surface area contributed by atoms with E-state index < -0.39 is 5.97 Å². The number of rotatable bonds is 8. The molecule has 0 bridgehead atoms. The van der Waals surface area contributed by atoms with Crippen LogP contribution in [0.4, 0.5) is 0 Å². The lowest BCUT2D eigenvalue weighted by atomic mass is 9.94. The van der Waals surface area contributed by atoms with Crippen LogP contribution >= 0.6 is 0 Å². The van der Waals surface area contributed by atoms with Crippen molar-refractivity contribution in [3.63, 3.8) is 0 Å². The van der Waals surface area contributed by atoms with Crippen molar-refractivity contribution in [2.24, 2.45) is 0 Å². The number of nitrogens with two attached hydrogens (primary N) is 1. The molecule has 0 aliphatic heterocycles. The van der Waals surface area contributed by atoms with Gasteiger partial charge in [0.1, 0.15) is 5.75 Å². The Kier molecular flexibility index (Phi) is 7.27. The van der Waals surface area contributed by atoms with Crippen LogP contribution in [0.1, 0.15) is 41.9 Å². The van der Waals surface area contributed by atoms with Gasteiger partial charge in [-0.15, -0.1) is 0 Å². The third-order valence-electron chi connectivity index (χ3n) is 4.40. The lowest BCUT2D eigenvalue weighted by molar-refractivity contribution is 0.0516. The molecule has 28 heavy (non-hydrogen) atoms. The fourth-order valence-electron chi connectivity index (χ4n) is 3.06. The molecule has 5 nitrogen and oxygen atoms in total. The monoisotopic (exact) mass is 380 g/mol. The zero-order valence-electron chi connectivity index (χ0n) is 17.0. The Balaban J connectivity index is 2.68. The average Bonchev–Trinajstić information content (AvgIpc) is 3.02. The lowest BCUT2D eigenvalue weighted by Crippen LogP contribution is -2.18. The molecule has 0 unspecified atom stereocenters. The van der Waals surface area contributed by atoms with E-state index in [0.717, 1.165) is 28.9 Å². The summed E-state index contributed by atoms with van der Waals surface area (Å²) in [7, 11) is 1.63. The van der Waals surface area contributed by atoms with E-state index in [2.05, 4.69) is 13.5 Å². The molecule has 2 rings (SSSR count). The molecule has 2 aromatic rings. The normalized spacial score (nSPS) is 11.3. The summed E-state index contributed by atoms with van der Waals surface area (Å²) >= 11 is 0. The molecule has 1 heterocycles. The Morgan fingerprint density at radius 2 is 2.00 bits per heavy atom. The fourth-order valence-corrected chi connectivity index (χ4v) is 3.06. The molecule has 0 atom stereocenters. The maximum atomic E-state index is 12.6. The van der Waals surface area contributed by atoms with Gasteiger partial charge in [0.05, 0.1) is 13.7 Å². The van der Waals surface area contributed by atoms with Crippen molar-refractivity contribution in [2.45, 2.75) is 27.2 Å². The number of allylic oxidation sites excluding steroid dienone is 5. The van der Waals surface area contributed by atoms with Crippen LogP contribution in [0, 0.1) is 6.92 Å². The second-order valence-electron chi connectivity index (χ2n) is 6.25. The van der Waals surface area contributed by atoms with Crippen molar-refractivity contribution in [1.82, 2.24) is 4.68 Å². The molecule has 0 radical (unpaired) electrons. The first-order valence-electron chi connectivity index (χ1n) is 9.30.